The summed E-state index contributed by atoms with van der Waals surface area (Å²) in [5, 5.41) is 2.98. The van der Waals surface area contributed by atoms with E-state index in [0.717, 1.165) is 37.2 Å². The molecule has 2 unspecified atom stereocenters. The highest BCUT2D eigenvalue weighted by Gasteiger charge is 2.26. The van der Waals surface area contributed by atoms with Gasteiger partial charge in [-0.15, -0.1) is 0 Å². The van der Waals surface area contributed by atoms with E-state index in [0.29, 0.717) is 24.6 Å². The fourth-order valence-corrected chi connectivity index (χ4v) is 3.87. The Morgan fingerprint density at radius 3 is 2.26 bits per heavy atom. The number of anilines is 1. The Morgan fingerprint density at radius 2 is 1.67 bits per heavy atom. The maximum absolute atomic E-state index is 12.7. The van der Waals surface area contributed by atoms with Crippen molar-refractivity contribution in [3.05, 3.63) is 29.3 Å². The number of amides is 3. The number of nitrogens with one attached hydrogen (secondary N) is 1. The molecule has 2 atom stereocenters. The first kappa shape index (κ1) is 19.7. The van der Waals surface area contributed by atoms with Gasteiger partial charge in [-0.25, -0.2) is 4.79 Å². The molecule has 3 amide bonds. The Kier molecular flexibility index (Phi) is 6.05. The Balaban J connectivity index is 1.64. The van der Waals surface area contributed by atoms with Crippen LogP contribution < -0.4 is 5.32 Å². The van der Waals surface area contributed by atoms with E-state index in [-0.39, 0.29) is 24.1 Å². The molecule has 3 rings (SSSR count). The predicted molar refractivity (Wildman–Crippen MR) is 106 cm³/mol. The standard InChI is InChI=1S/C21H31N3O3/c1-14-7-9-23(10-8-14)20(25)18-5-6-19(15(2)11-18)22-21(26)24-12-16(3)27-17(4)13-24/h5-6,11,14,16-17H,7-10,12-13H2,1-4H3,(H,22,26). The minimum absolute atomic E-state index is 0.0351. The van der Waals surface area contributed by atoms with Gasteiger partial charge >= 0.3 is 6.03 Å². The maximum Gasteiger partial charge on any atom is 0.322 e. The molecule has 1 N–H and O–H groups in total. The lowest BCUT2D eigenvalue weighted by Crippen LogP contribution is -2.49. The number of rotatable bonds is 2. The molecule has 0 radical (unpaired) electrons. The van der Waals surface area contributed by atoms with Crippen molar-refractivity contribution in [1.29, 1.82) is 0 Å². The highest BCUT2D eigenvalue weighted by molar-refractivity contribution is 5.96. The summed E-state index contributed by atoms with van der Waals surface area (Å²) in [6.45, 7) is 10.9. The monoisotopic (exact) mass is 373 g/mol. The van der Waals surface area contributed by atoms with Crippen molar-refractivity contribution in [2.45, 2.75) is 52.7 Å². The highest BCUT2D eigenvalue weighted by Crippen LogP contribution is 2.22. The van der Waals surface area contributed by atoms with Gasteiger partial charge < -0.3 is 19.9 Å². The molecular formula is C21H31N3O3. The first-order chi connectivity index (χ1) is 12.8. The zero-order chi connectivity index (χ0) is 19.6. The van der Waals surface area contributed by atoms with Crippen molar-refractivity contribution in [2.24, 2.45) is 5.92 Å². The number of urea groups is 1. The van der Waals surface area contributed by atoms with Crippen molar-refractivity contribution >= 4 is 17.6 Å². The lowest BCUT2D eigenvalue weighted by atomic mass is 9.98. The third-order valence-corrected chi connectivity index (χ3v) is 5.49. The Labute approximate surface area is 161 Å². The van der Waals surface area contributed by atoms with E-state index in [4.69, 9.17) is 4.74 Å². The fourth-order valence-electron chi connectivity index (χ4n) is 3.87. The van der Waals surface area contributed by atoms with Gasteiger partial charge in [-0.3, -0.25) is 4.79 Å². The summed E-state index contributed by atoms with van der Waals surface area (Å²) in [5.41, 5.74) is 2.33. The van der Waals surface area contributed by atoms with E-state index in [1.807, 2.05) is 43.9 Å². The van der Waals surface area contributed by atoms with Crippen LogP contribution in [0.2, 0.25) is 0 Å². The fraction of sp³-hybridized carbons (Fsp3) is 0.619. The Hall–Kier alpha value is -2.08. The van der Waals surface area contributed by atoms with Crippen molar-refractivity contribution in [2.75, 3.05) is 31.5 Å². The molecule has 0 spiro atoms. The molecule has 2 heterocycles. The average molecular weight is 373 g/mol. The maximum atomic E-state index is 12.7. The zero-order valence-corrected chi connectivity index (χ0v) is 16.8. The molecular weight excluding hydrogens is 342 g/mol. The number of benzene rings is 1. The first-order valence-electron chi connectivity index (χ1n) is 9.94. The summed E-state index contributed by atoms with van der Waals surface area (Å²) in [6, 6.07) is 5.40. The molecule has 2 saturated heterocycles. The number of ether oxygens (including phenoxy) is 1. The van der Waals surface area contributed by atoms with Crippen molar-refractivity contribution < 1.29 is 14.3 Å². The van der Waals surface area contributed by atoms with E-state index in [1.54, 1.807) is 4.90 Å². The van der Waals surface area contributed by atoms with Crippen LogP contribution in [0.1, 0.15) is 49.5 Å². The van der Waals surface area contributed by atoms with Gasteiger partial charge in [-0.1, -0.05) is 6.92 Å². The molecule has 27 heavy (non-hydrogen) atoms. The van der Waals surface area contributed by atoms with Gasteiger partial charge in [0.15, 0.2) is 0 Å². The second-order valence-corrected chi connectivity index (χ2v) is 8.10. The molecule has 0 aliphatic carbocycles. The zero-order valence-electron chi connectivity index (χ0n) is 16.8. The van der Waals surface area contributed by atoms with E-state index in [9.17, 15) is 9.59 Å². The summed E-state index contributed by atoms with van der Waals surface area (Å²) < 4.78 is 5.68. The number of aryl methyl sites for hydroxylation is 1. The summed E-state index contributed by atoms with van der Waals surface area (Å²) in [4.78, 5) is 29.0. The molecule has 2 aliphatic heterocycles. The molecule has 6 heteroatoms. The summed E-state index contributed by atoms with van der Waals surface area (Å²) in [5.74, 6) is 0.776. The van der Waals surface area contributed by atoms with Crippen LogP contribution in [0, 0.1) is 12.8 Å². The lowest BCUT2D eigenvalue weighted by molar-refractivity contribution is -0.0530. The van der Waals surface area contributed by atoms with Crippen molar-refractivity contribution in [3.8, 4) is 0 Å². The van der Waals surface area contributed by atoms with Crippen LogP contribution >= 0.6 is 0 Å². The average Bonchev–Trinajstić information content (AvgIpc) is 2.62. The number of piperidine rings is 1. The number of morpholine rings is 1. The third kappa shape index (κ3) is 4.80. The molecule has 2 fully saturated rings. The van der Waals surface area contributed by atoms with E-state index < -0.39 is 0 Å². The lowest BCUT2D eigenvalue weighted by Gasteiger charge is -2.35. The van der Waals surface area contributed by atoms with Gasteiger partial charge in [0, 0.05) is 37.4 Å². The van der Waals surface area contributed by atoms with Gasteiger partial charge in [0.1, 0.15) is 0 Å². The van der Waals surface area contributed by atoms with Gasteiger partial charge in [-0.05, 0) is 63.3 Å². The summed E-state index contributed by atoms with van der Waals surface area (Å²) >= 11 is 0. The van der Waals surface area contributed by atoms with E-state index in [2.05, 4.69) is 12.2 Å². The topological polar surface area (TPSA) is 61.9 Å². The third-order valence-electron chi connectivity index (χ3n) is 5.49. The van der Waals surface area contributed by atoms with Crippen LogP contribution in [0.5, 0.6) is 0 Å². The van der Waals surface area contributed by atoms with Crippen LogP contribution in [-0.4, -0.2) is 60.1 Å². The first-order valence-corrected chi connectivity index (χ1v) is 9.94. The van der Waals surface area contributed by atoms with Crippen molar-refractivity contribution in [1.82, 2.24) is 9.80 Å². The minimum atomic E-state index is -0.121. The number of carbonyl (C=O) groups excluding carboxylic acids is 2. The highest BCUT2D eigenvalue weighted by atomic mass is 16.5. The second-order valence-electron chi connectivity index (χ2n) is 8.10. The molecule has 2 aliphatic rings. The van der Waals surface area contributed by atoms with Gasteiger partial charge in [0.05, 0.1) is 12.2 Å². The summed E-state index contributed by atoms with van der Waals surface area (Å²) in [6.07, 6.45) is 2.20. The smallest absolute Gasteiger partial charge is 0.322 e. The molecule has 148 valence electrons. The predicted octanol–water partition coefficient (Wildman–Crippen LogP) is 3.51. The van der Waals surface area contributed by atoms with Crippen LogP contribution in [0.15, 0.2) is 18.2 Å². The quantitative estimate of drug-likeness (QED) is 0.863. The number of hydrogen-bond donors (Lipinski definition) is 1. The van der Waals surface area contributed by atoms with Gasteiger partial charge in [0.25, 0.3) is 5.91 Å². The number of nitrogens with zero attached hydrogens (tertiary/aromatic N) is 2. The van der Waals surface area contributed by atoms with E-state index in [1.165, 1.54) is 0 Å². The van der Waals surface area contributed by atoms with Gasteiger partial charge in [0.2, 0.25) is 0 Å². The van der Waals surface area contributed by atoms with Crippen LogP contribution in [0.25, 0.3) is 0 Å². The molecule has 0 bridgehead atoms. The number of carbonyl (C=O) groups is 2. The molecule has 0 aromatic heterocycles. The van der Waals surface area contributed by atoms with Gasteiger partial charge in [-0.2, -0.15) is 0 Å². The second kappa shape index (κ2) is 8.30. The summed E-state index contributed by atoms with van der Waals surface area (Å²) in [7, 11) is 0. The largest absolute Gasteiger partial charge is 0.372 e. The van der Waals surface area contributed by atoms with Crippen LogP contribution in [-0.2, 0) is 4.74 Å². The SMILES string of the molecule is Cc1cc(C(=O)N2CCC(C)CC2)ccc1NC(=O)N1CC(C)OC(C)C1. The Morgan fingerprint density at radius 1 is 1.04 bits per heavy atom. The van der Waals surface area contributed by atoms with E-state index >= 15 is 0 Å². The Bertz CT molecular complexity index is 688. The van der Waals surface area contributed by atoms with Crippen LogP contribution in [0.4, 0.5) is 10.5 Å². The number of likely N-dealkylation sites (tertiary alicyclic amines) is 1. The normalized spacial score (nSPS) is 24.0. The molecule has 0 saturated carbocycles. The number of hydrogen-bond acceptors (Lipinski definition) is 3. The minimum Gasteiger partial charge on any atom is -0.372 e. The molecule has 1 aromatic rings. The molecule has 6 nitrogen and oxygen atoms in total. The van der Waals surface area contributed by atoms with Crippen molar-refractivity contribution in [3.63, 3.8) is 0 Å². The molecule has 1 aromatic carbocycles. The van der Waals surface area contributed by atoms with Crippen LogP contribution in [0.3, 0.4) is 0 Å².